The molecule has 0 amide bonds. The lowest BCUT2D eigenvalue weighted by molar-refractivity contribution is 0.673. The van der Waals surface area contributed by atoms with Gasteiger partial charge in [-0.15, -0.1) is 0 Å². The zero-order chi connectivity index (χ0) is 9.84. The minimum absolute atomic E-state index is 0.371. The third-order valence-electron chi connectivity index (χ3n) is 1.44. The van der Waals surface area contributed by atoms with Gasteiger partial charge in [0.25, 0.3) is 0 Å². The van der Waals surface area contributed by atoms with E-state index < -0.39 is 0 Å². The molecule has 1 aromatic rings. The summed E-state index contributed by atoms with van der Waals surface area (Å²) in [6, 6.07) is 0.371. The second-order valence-electron chi connectivity index (χ2n) is 3.32. The van der Waals surface area contributed by atoms with Crippen molar-refractivity contribution in [3.63, 3.8) is 0 Å². The van der Waals surface area contributed by atoms with Crippen molar-refractivity contribution in [2.24, 2.45) is 0 Å². The van der Waals surface area contributed by atoms with Crippen LogP contribution in [0.1, 0.15) is 19.5 Å². The molecule has 4 nitrogen and oxygen atoms in total. The smallest absolute Gasteiger partial charge is 0.205 e. The largest absolute Gasteiger partial charge is 0.370 e. The Morgan fingerprint density at radius 3 is 2.77 bits per heavy atom. The van der Waals surface area contributed by atoms with Gasteiger partial charge in [0.1, 0.15) is 0 Å². The van der Waals surface area contributed by atoms with E-state index >= 15 is 0 Å². The van der Waals surface area contributed by atoms with Crippen LogP contribution in [-0.2, 0) is 0 Å². The third kappa shape index (κ3) is 3.19. The second-order valence-corrected chi connectivity index (χ2v) is 3.32. The van der Waals surface area contributed by atoms with Crippen LogP contribution in [0, 0.1) is 6.92 Å². The van der Waals surface area contributed by atoms with Crippen LogP contribution in [0.15, 0.2) is 18.6 Å². The minimum atomic E-state index is 0.371. The summed E-state index contributed by atoms with van der Waals surface area (Å²) < 4.78 is 0. The van der Waals surface area contributed by atoms with E-state index in [-0.39, 0.29) is 0 Å². The highest BCUT2D eigenvalue weighted by Gasteiger charge is 1.99. The molecule has 1 heterocycles. The number of aromatic nitrogens is 2. The Morgan fingerprint density at radius 2 is 2.31 bits per heavy atom. The number of rotatable bonds is 4. The predicted octanol–water partition coefficient (Wildman–Crippen LogP) is 1.60. The molecule has 1 rings (SSSR count). The molecule has 0 saturated heterocycles. The summed E-state index contributed by atoms with van der Waals surface area (Å²) in [6.45, 7) is 9.88. The van der Waals surface area contributed by atoms with Crippen LogP contribution >= 0.6 is 0 Å². The van der Waals surface area contributed by atoms with E-state index in [0.717, 1.165) is 17.5 Å². The monoisotopic (exact) mass is 180 g/mol. The van der Waals surface area contributed by atoms with Gasteiger partial charge in [-0.25, -0.2) is 4.98 Å². The van der Waals surface area contributed by atoms with Crippen LogP contribution in [-0.4, -0.2) is 16.0 Å². The summed E-state index contributed by atoms with van der Waals surface area (Å²) in [4.78, 5) is 7.15. The molecule has 13 heavy (non-hydrogen) atoms. The van der Waals surface area contributed by atoms with Gasteiger partial charge < -0.3 is 15.6 Å². The summed E-state index contributed by atoms with van der Waals surface area (Å²) in [5, 5.41) is 6.16. The molecule has 0 unspecified atom stereocenters. The van der Waals surface area contributed by atoms with Gasteiger partial charge in [-0.05, 0) is 20.8 Å². The highest BCUT2D eigenvalue weighted by atomic mass is 15.2. The summed E-state index contributed by atoms with van der Waals surface area (Å²) in [6.07, 6.45) is 1.77. The number of anilines is 1. The molecule has 0 radical (unpaired) electrons. The van der Waals surface area contributed by atoms with E-state index in [4.69, 9.17) is 0 Å². The van der Waals surface area contributed by atoms with Gasteiger partial charge in [0.15, 0.2) is 0 Å². The van der Waals surface area contributed by atoms with Crippen molar-refractivity contribution in [1.82, 2.24) is 15.3 Å². The fourth-order valence-electron chi connectivity index (χ4n) is 1.00. The molecule has 1 aromatic heterocycles. The first-order valence-electron chi connectivity index (χ1n) is 4.32. The maximum atomic E-state index is 4.10. The minimum Gasteiger partial charge on any atom is -0.370 e. The second kappa shape index (κ2) is 3.98. The van der Waals surface area contributed by atoms with E-state index in [0.29, 0.717) is 6.04 Å². The van der Waals surface area contributed by atoms with Crippen LogP contribution in [0.4, 0.5) is 5.95 Å². The van der Waals surface area contributed by atoms with E-state index in [1.165, 1.54) is 0 Å². The van der Waals surface area contributed by atoms with Crippen molar-refractivity contribution < 1.29 is 0 Å². The lowest BCUT2D eigenvalue weighted by Gasteiger charge is -2.12. The lowest BCUT2D eigenvalue weighted by Crippen LogP contribution is -2.25. The average Bonchev–Trinajstić information content (AvgIpc) is 2.33. The molecule has 3 N–H and O–H groups in total. The molecule has 0 bridgehead atoms. The van der Waals surface area contributed by atoms with Crippen molar-refractivity contribution in [1.29, 1.82) is 0 Å². The Bertz CT molecular complexity index is 288. The van der Waals surface area contributed by atoms with Crippen LogP contribution in [0.5, 0.6) is 0 Å². The number of H-pyrrole nitrogens is 1. The molecule has 0 aliphatic heterocycles. The van der Waals surface area contributed by atoms with Crippen molar-refractivity contribution in [3.05, 3.63) is 24.3 Å². The summed E-state index contributed by atoms with van der Waals surface area (Å²) >= 11 is 0. The van der Waals surface area contributed by atoms with Crippen LogP contribution in [0.3, 0.4) is 0 Å². The highest BCUT2D eigenvalue weighted by molar-refractivity contribution is 5.33. The number of nitrogens with one attached hydrogen (secondary N) is 3. The number of imidazole rings is 1. The SMILES string of the molecule is C=C(Nc1ncc(C)[nH]1)NC(C)C. The molecule has 0 fully saturated rings. The quantitative estimate of drug-likeness (QED) is 0.659. The normalized spacial score (nSPS) is 10.2. The van der Waals surface area contributed by atoms with Gasteiger partial charge in [-0.2, -0.15) is 0 Å². The van der Waals surface area contributed by atoms with Crippen LogP contribution in [0.25, 0.3) is 0 Å². The van der Waals surface area contributed by atoms with Crippen LogP contribution < -0.4 is 10.6 Å². The molecular weight excluding hydrogens is 164 g/mol. The van der Waals surface area contributed by atoms with Gasteiger partial charge in [0.2, 0.25) is 5.95 Å². The fraction of sp³-hybridized carbons (Fsp3) is 0.444. The first kappa shape index (κ1) is 9.64. The zero-order valence-corrected chi connectivity index (χ0v) is 8.31. The number of hydrogen-bond donors (Lipinski definition) is 3. The maximum Gasteiger partial charge on any atom is 0.205 e. The molecular formula is C9H16N4. The molecule has 72 valence electrons. The van der Waals surface area contributed by atoms with Gasteiger partial charge in [-0.3, -0.25) is 0 Å². The topological polar surface area (TPSA) is 52.7 Å². The number of nitrogens with zero attached hydrogens (tertiary/aromatic N) is 1. The van der Waals surface area contributed by atoms with E-state index in [2.05, 4.69) is 41.0 Å². The van der Waals surface area contributed by atoms with Gasteiger partial charge in [0.05, 0.1) is 5.82 Å². The average molecular weight is 180 g/mol. The first-order chi connectivity index (χ1) is 6.08. The Morgan fingerprint density at radius 1 is 1.62 bits per heavy atom. The summed E-state index contributed by atoms with van der Waals surface area (Å²) in [5.41, 5.74) is 1.03. The Hall–Kier alpha value is -1.45. The maximum absolute atomic E-state index is 4.10. The standard InChI is InChI=1S/C9H16N4/c1-6(2)11-8(4)13-9-10-5-7(3)12-9/h5-6,11H,4H2,1-3H3,(H2,10,12,13). The third-order valence-corrected chi connectivity index (χ3v) is 1.44. The van der Waals surface area contributed by atoms with Crippen molar-refractivity contribution >= 4 is 5.95 Å². The van der Waals surface area contributed by atoms with E-state index in [1.54, 1.807) is 6.20 Å². The van der Waals surface area contributed by atoms with Gasteiger partial charge >= 0.3 is 0 Å². The van der Waals surface area contributed by atoms with Gasteiger partial charge in [0, 0.05) is 17.9 Å². The molecule has 4 heteroatoms. The molecule has 0 saturated carbocycles. The van der Waals surface area contributed by atoms with Crippen molar-refractivity contribution in [2.75, 3.05) is 5.32 Å². The van der Waals surface area contributed by atoms with Crippen molar-refractivity contribution in [2.45, 2.75) is 26.8 Å². The Kier molecular flexibility index (Phi) is 2.95. The molecule has 0 aliphatic carbocycles. The van der Waals surface area contributed by atoms with E-state index in [9.17, 15) is 0 Å². The van der Waals surface area contributed by atoms with E-state index in [1.807, 2.05) is 6.92 Å². The lowest BCUT2D eigenvalue weighted by atomic mass is 10.4. The molecule has 0 aromatic carbocycles. The molecule has 0 aliphatic rings. The number of aromatic amines is 1. The molecule has 0 spiro atoms. The highest BCUT2D eigenvalue weighted by Crippen LogP contribution is 2.02. The Labute approximate surface area is 78.5 Å². The molecule has 0 atom stereocenters. The predicted molar refractivity (Wildman–Crippen MR) is 54.4 cm³/mol. The Balaban J connectivity index is 2.45. The van der Waals surface area contributed by atoms with Crippen LogP contribution in [0.2, 0.25) is 0 Å². The summed E-state index contributed by atoms with van der Waals surface area (Å²) in [7, 11) is 0. The summed E-state index contributed by atoms with van der Waals surface area (Å²) in [5.74, 6) is 1.47. The number of hydrogen-bond acceptors (Lipinski definition) is 3. The fourth-order valence-corrected chi connectivity index (χ4v) is 1.00. The van der Waals surface area contributed by atoms with Crippen molar-refractivity contribution in [3.8, 4) is 0 Å². The van der Waals surface area contributed by atoms with Gasteiger partial charge in [-0.1, -0.05) is 6.58 Å². The first-order valence-corrected chi connectivity index (χ1v) is 4.32. The number of aryl methyl sites for hydroxylation is 1. The zero-order valence-electron chi connectivity index (χ0n) is 8.31.